The number of nitrogens with one attached hydrogen (secondary N) is 1. The Kier molecular flexibility index (Phi) is 7.44. The van der Waals surface area contributed by atoms with Crippen molar-refractivity contribution in [1.82, 2.24) is 9.62 Å². The minimum Gasteiger partial charge on any atom is -0.492 e. The van der Waals surface area contributed by atoms with E-state index < -0.39 is 20.9 Å². The molecule has 1 aliphatic rings. The minimum absolute atomic E-state index is 0.00598. The Bertz CT molecular complexity index is 1050. The second-order valence-electron chi connectivity index (χ2n) is 6.51. The van der Waals surface area contributed by atoms with Gasteiger partial charge in [-0.3, -0.25) is 14.9 Å². The number of hydrogen-bond acceptors (Lipinski definition) is 7. The lowest BCUT2D eigenvalue weighted by atomic mass is 10.2. The number of nitrogens with zero attached hydrogens (tertiary/aromatic N) is 2. The van der Waals surface area contributed by atoms with Gasteiger partial charge in [0.15, 0.2) is 0 Å². The summed E-state index contributed by atoms with van der Waals surface area (Å²) in [6.07, 6.45) is 0. The van der Waals surface area contributed by atoms with Crippen molar-refractivity contribution in [3.05, 3.63) is 63.2 Å². The summed E-state index contributed by atoms with van der Waals surface area (Å²) in [5.41, 5.74) is -0.244. The van der Waals surface area contributed by atoms with E-state index in [0.717, 1.165) is 6.07 Å². The van der Waals surface area contributed by atoms with E-state index in [1.165, 1.54) is 40.7 Å². The summed E-state index contributed by atoms with van der Waals surface area (Å²) in [6.45, 7) is 1.59. The van der Waals surface area contributed by atoms with Crippen LogP contribution < -0.4 is 10.1 Å². The van der Waals surface area contributed by atoms with E-state index in [0.29, 0.717) is 32.1 Å². The van der Waals surface area contributed by atoms with Crippen LogP contribution in [-0.4, -0.2) is 63.0 Å². The predicted molar refractivity (Wildman–Crippen MR) is 112 cm³/mol. The highest BCUT2D eigenvalue weighted by Gasteiger charge is 2.26. The van der Waals surface area contributed by atoms with Gasteiger partial charge in [0.1, 0.15) is 12.4 Å². The van der Waals surface area contributed by atoms with E-state index in [1.807, 2.05) is 0 Å². The maximum absolute atomic E-state index is 12.6. The molecule has 0 saturated carbocycles. The number of rotatable bonds is 8. The number of sulfonamides is 1. The number of morpholine rings is 1. The zero-order valence-corrected chi connectivity index (χ0v) is 17.9. The van der Waals surface area contributed by atoms with Crippen molar-refractivity contribution in [2.75, 3.05) is 39.5 Å². The molecule has 0 spiro atoms. The number of ether oxygens (including phenoxy) is 2. The van der Waals surface area contributed by atoms with Crippen LogP contribution in [0.4, 0.5) is 5.69 Å². The summed E-state index contributed by atoms with van der Waals surface area (Å²) < 4.78 is 37.3. The number of amides is 1. The van der Waals surface area contributed by atoms with Gasteiger partial charge in [-0.1, -0.05) is 11.6 Å². The number of carbonyl (C=O) groups is 1. The van der Waals surface area contributed by atoms with Gasteiger partial charge in [0, 0.05) is 25.2 Å². The maximum Gasteiger partial charge on any atom is 0.270 e. The van der Waals surface area contributed by atoms with Gasteiger partial charge < -0.3 is 14.8 Å². The lowest BCUT2D eigenvalue weighted by Gasteiger charge is -2.26. The van der Waals surface area contributed by atoms with Crippen molar-refractivity contribution in [3.8, 4) is 5.75 Å². The molecule has 1 N–H and O–H groups in total. The SMILES string of the molecule is O=C(NCCOc1ccc(S(=O)(=O)N2CCOCC2)cc1)c1cc([N+](=O)[O-])ccc1Cl. The predicted octanol–water partition coefficient (Wildman–Crippen LogP) is 2.08. The first-order valence-electron chi connectivity index (χ1n) is 9.32. The number of carbonyl (C=O) groups excluding carboxylic acids is 1. The maximum atomic E-state index is 12.6. The third-order valence-electron chi connectivity index (χ3n) is 4.49. The first-order chi connectivity index (χ1) is 14.8. The number of nitro benzene ring substituents is 1. The molecule has 1 saturated heterocycles. The Morgan fingerprint density at radius 2 is 1.87 bits per heavy atom. The molecule has 0 aromatic heterocycles. The van der Waals surface area contributed by atoms with Crippen molar-refractivity contribution in [1.29, 1.82) is 0 Å². The van der Waals surface area contributed by atoms with Gasteiger partial charge in [0.05, 0.1) is 40.2 Å². The van der Waals surface area contributed by atoms with E-state index in [1.54, 1.807) is 0 Å². The van der Waals surface area contributed by atoms with E-state index in [-0.39, 0.29) is 34.3 Å². The van der Waals surface area contributed by atoms with Gasteiger partial charge in [-0.2, -0.15) is 4.31 Å². The summed E-state index contributed by atoms with van der Waals surface area (Å²) in [5, 5.41) is 13.5. The monoisotopic (exact) mass is 469 g/mol. The van der Waals surface area contributed by atoms with Gasteiger partial charge in [-0.05, 0) is 30.3 Å². The minimum atomic E-state index is -3.58. The van der Waals surface area contributed by atoms with Crippen LogP contribution in [0.15, 0.2) is 47.4 Å². The highest BCUT2D eigenvalue weighted by molar-refractivity contribution is 7.89. The van der Waals surface area contributed by atoms with Crippen LogP contribution in [0, 0.1) is 10.1 Å². The molecule has 1 aliphatic heterocycles. The molecule has 1 fully saturated rings. The summed E-state index contributed by atoms with van der Waals surface area (Å²) in [7, 11) is -3.58. The van der Waals surface area contributed by atoms with Gasteiger partial charge in [-0.15, -0.1) is 0 Å². The van der Waals surface area contributed by atoms with Crippen LogP contribution in [-0.2, 0) is 14.8 Å². The fraction of sp³-hybridized carbons (Fsp3) is 0.316. The third-order valence-corrected chi connectivity index (χ3v) is 6.74. The molecule has 2 aromatic carbocycles. The average molecular weight is 470 g/mol. The summed E-state index contributed by atoms with van der Waals surface area (Å²) in [4.78, 5) is 22.6. The molecule has 2 aromatic rings. The van der Waals surface area contributed by atoms with Crippen molar-refractivity contribution < 1.29 is 27.6 Å². The standard InChI is InChI=1S/C19H20ClN3O7S/c20-18-6-1-14(23(25)26)13-17(18)19(24)21-7-10-30-15-2-4-16(5-3-15)31(27,28)22-8-11-29-12-9-22/h1-6,13H,7-12H2,(H,21,24). The van der Waals surface area contributed by atoms with Crippen molar-refractivity contribution in [3.63, 3.8) is 0 Å². The Morgan fingerprint density at radius 3 is 2.52 bits per heavy atom. The first kappa shape index (κ1) is 22.9. The van der Waals surface area contributed by atoms with Crippen LogP contribution in [0.3, 0.4) is 0 Å². The van der Waals surface area contributed by atoms with Gasteiger partial charge in [0.25, 0.3) is 11.6 Å². The molecule has 0 unspecified atom stereocenters. The Labute approximate surface area is 183 Å². The number of nitro groups is 1. The van der Waals surface area contributed by atoms with E-state index in [2.05, 4.69) is 5.32 Å². The zero-order valence-electron chi connectivity index (χ0n) is 16.3. The third kappa shape index (κ3) is 5.70. The van der Waals surface area contributed by atoms with Gasteiger partial charge in [-0.25, -0.2) is 8.42 Å². The smallest absolute Gasteiger partial charge is 0.270 e. The highest BCUT2D eigenvalue weighted by Crippen LogP contribution is 2.22. The summed E-state index contributed by atoms with van der Waals surface area (Å²) in [6, 6.07) is 9.59. The molecule has 12 heteroatoms. The largest absolute Gasteiger partial charge is 0.492 e. The molecule has 10 nitrogen and oxygen atoms in total. The molecule has 166 valence electrons. The lowest BCUT2D eigenvalue weighted by Crippen LogP contribution is -2.40. The Balaban J connectivity index is 1.52. The van der Waals surface area contributed by atoms with Crippen molar-refractivity contribution >= 4 is 33.2 Å². The molecule has 0 radical (unpaired) electrons. The molecule has 1 heterocycles. The fourth-order valence-electron chi connectivity index (χ4n) is 2.87. The van der Waals surface area contributed by atoms with Crippen LogP contribution >= 0.6 is 11.6 Å². The topological polar surface area (TPSA) is 128 Å². The molecular weight excluding hydrogens is 450 g/mol. The average Bonchev–Trinajstić information content (AvgIpc) is 2.77. The first-order valence-corrected chi connectivity index (χ1v) is 11.1. The normalized spacial score (nSPS) is 14.7. The summed E-state index contributed by atoms with van der Waals surface area (Å²) >= 11 is 5.94. The van der Waals surface area contributed by atoms with E-state index >= 15 is 0 Å². The second-order valence-corrected chi connectivity index (χ2v) is 8.86. The molecule has 0 aliphatic carbocycles. The Hall–Kier alpha value is -2.73. The molecule has 0 atom stereocenters. The van der Waals surface area contributed by atoms with Crippen LogP contribution in [0.2, 0.25) is 5.02 Å². The highest BCUT2D eigenvalue weighted by atomic mass is 35.5. The van der Waals surface area contributed by atoms with Gasteiger partial charge >= 0.3 is 0 Å². The molecule has 31 heavy (non-hydrogen) atoms. The van der Waals surface area contributed by atoms with Crippen LogP contribution in [0.25, 0.3) is 0 Å². The fourth-order valence-corrected chi connectivity index (χ4v) is 4.48. The Morgan fingerprint density at radius 1 is 1.19 bits per heavy atom. The molecule has 3 rings (SSSR count). The number of non-ortho nitro benzene ring substituents is 1. The van der Waals surface area contributed by atoms with Crippen molar-refractivity contribution in [2.45, 2.75) is 4.90 Å². The van der Waals surface area contributed by atoms with Crippen molar-refractivity contribution in [2.24, 2.45) is 0 Å². The quantitative estimate of drug-likeness (QED) is 0.356. The second kappa shape index (κ2) is 10.1. The van der Waals surface area contributed by atoms with E-state index in [9.17, 15) is 23.3 Å². The van der Waals surface area contributed by atoms with Gasteiger partial charge in [0.2, 0.25) is 10.0 Å². The van der Waals surface area contributed by atoms with Crippen LogP contribution in [0.1, 0.15) is 10.4 Å². The number of halogens is 1. The molecule has 1 amide bonds. The molecule has 0 bridgehead atoms. The zero-order chi connectivity index (χ0) is 22.4. The summed E-state index contributed by atoms with van der Waals surface area (Å²) in [5.74, 6) is -0.132. The van der Waals surface area contributed by atoms with Crippen LogP contribution in [0.5, 0.6) is 5.75 Å². The number of hydrogen-bond donors (Lipinski definition) is 1. The van der Waals surface area contributed by atoms with E-state index in [4.69, 9.17) is 21.1 Å². The molecular formula is C19H20ClN3O7S. The number of benzene rings is 2. The lowest BCUT2D eigenvalue weighted by molar-refractivity contribution is -0.384.